The van der Waals surface area contributed by atoms with Crippen LogP contribution >= 0.6 is 0 Å². The van der Waals surface area contributed by atoms with Crippen molar-refractivity contribution < 1.29 is 9.53 Å². The summed E-state index contributed by atoms with van der Waals surface area (Å²) in [4.78, 5) is 11.5. The molecule has 0 amide bonds. The molecule has 1 fully saturated rings. The average molecular weight is 196 g/mol. The maximum absolute atomic E-state index is 11.5. The molecule has 1 rings (SSSR count). The zero-order valence-electron chi connectivity index (χ0n) is 9.21. The molecule has 0 unspecified atom stereocenters. The molecule has 14 heavy (non-hydrogen) atoms. The largest absolute Gasteiger partial charge is 0.459 e. The van der Waals surface area contributed by atoms with Crippen LogP contribution in [-0.2, 0) is 9.53 Å². The van der Waals surface area contributed by atoms with E-state index in [9.17, 15) is 4.79 Å². The van der Waals surface area contributed by atoms with Crippen LogP contribution in [0.1, 0.15) is 52.4 Å². The molecule has 80 valence electrons. The van der Waals surface area contributed by atoms with Crippen LogP contribution in [0.4, 0.5) is 0 Å². The summed E-state index contributed by atoms with van der Waals surface area (Å²) in [7, 11) is 0. The van der Waals surface area contributed by atoms with E-state index in [0.29, 0.717) is 5.57 Å². The Morgan fingerprint density at radius 1 is 1.21 bits per heavy atom. The lowest BCUT2D eigenvalue weighted by Crippen LogP contribution is -2.17. The minimum atomic E-state index is -0.139. The zero-order chi connectivity index (χ0) is 10.4. The summed E-state index contributed by atoms with van der Waals surface area (Å²) in [5.41, 5.74) is 0.717. The van der Waals surface area contributed by atoms with Crippen molar-refractivity contribution in [3.05, 3.63) is 11.6 Å². The van der Waals surface area contributed by atoms with Crippen LogP contribution in [0.3, 0.4) is 0 Å². The molecule has 1 aliphatic carbocycles. The van der Waals surface area contributed by atoms with Crippen molar-refractivity contribution in [3.8, 4) is 0 Å². The van der Waals surface area contributed by atoms with Crippen molar-refractivity contribution in [1.29, 1.82) is 0 Å². The van der Waals surface area contributed by atoms with Crippen LogP contribution in [0.2, 0.25) is 0 Å². The normalized spacial score (nSPS) is 20.3. The minimum absolute atomic E-state index is 0.139. The molecule has 1 aliphatic rings. The summed E-state index contributed by atoms with van der Waals surface area (Å²) in [6.07, 6.45) is 9.04. The number of hydrogen-bond acceptors (Lipinski definition) is 2. The van der Waals surface area contributed by atoms with E-state index in [4.69, 9.17) is 4.74 Å². The van der Waals surface area contributed by atoms with E-state index in [0.717, 1.165) is 12.8 Å². The lowest BCUT2D eigenvalue weighted by molar-refractivity contribution is -0.144. The standard InChI is InChI=1S/C12H20O2/c1-3-10(2)12(13)14-11-8-6-4-5-7-9-11/h3,11H,4-9H2,1-2H3/b10-3+. The van der Waals surface area contributed by atoms with E-state index in [1.807, 2.05) is 6.92 Å². The molecule has 2 heteroatoms. The van der Waals surface area contributed by atoms with Crippen LogP contribution in [-0.4, -0.2) is 12.1 Å². The molecule has 2 nitrogen and oxygen atoms in total. The van der Waals surface area contributed by atoms with Crippen LogP contribution in [0, 0.1) is 0 Å². The molecule has 0 saturated heterocycles. The molecular weight excluding hydrogens is 176 g/mol. The number of carbonyl (C=O) groups excluding carboxylic acids is 1. The van der Waals surface area contributed by atoms with Crippen molar-refractivity contribution in [3.63, 3.8) is 0 Å². The Morgan fingerprint density at radius 2 is 1.79 bits per heavy atom. The van der Waals surface area contributed by atoms with Crippen molar-refractivity contribution in [2.75, 3.05) is 0 Å². The van der Waals surface area contributed by atoms with Gasteiger partial charge in [-0.1, -0.05) is 18.9 Å². The smallest absolute Gasteiger partial charge is 0.333 e. The second-order valence-electron chi connectivity index (χ2n) is 3.99. The quantitative estimate of drug-likeness (QED) is 0.385. The van der Waals surface area contributed by atoms with Gasteiger partial charge in [-0.3, -0.25) is 0 Å². The molecule has 0 radical (unpaired) electrons. The second kappa shape index (κ2) is 5.84. The summed E-state index contributed by atoms with van der Waals surface area (Å²) >= 11 is 0. The highest BCUT2D eigenvalue weighted by Gasteiger charge is 2.16. The predicted molar refractivity (Wildman–Crippen MR) is 57.0 cm³/mol. The van der Waals surface area contributed by atoms with Gasteiger partial charge >= 0.3 is 5.97 Å². The van der Waals surface area contributed by atoms with Gasteiger partial charge in [0.25, 0.3) is 0 Å². The van der Waals surface area contributed by atoms with E-state index in [1.54, 1.807) is 13.0 Å². The SMILES string of the molecule is C/C=C(\C)C(=O)OC1CCCCCC1. The molecule has 0 aromatic carbocycles. The van der Waals surface area contributed by atoms with Gasteiger partial charge in [0, 0.05) is 5.57 Å². The Labute approximate surface area is 86.3 Å². The van der Waals surface area contributed by atoms with Crippen LogP contribution < -0.4 is 0 Å². The lowest BCUT2D eigenvalue weighted by atomic mass is 10.1. The number of hydrogen-bond donors (Lipinski definition) is 0. The first-order chi connectivity index (χ1) is 6.74. The van der Waals surface area contributed by atoms with Gasteiger partial charge in [-0.15, -0.1) is 0 Å². The molecule has 1 saturated carbocycles. The van der Waals surface area contributed by atoms with Crippen LogP contribution in [0.15, 0.2) is 11.6 Å². The summed E-state index contributed by atoms with van der Waals surface area (Å²) in [6.45, 7) is 3.67. The van der Waals surface area contributed by atoms with E-state index < -0.39 is 0 Å². The fraction of sp³-hybridized carbons (Fsp3) is 0.750. The van der Waals surface area contributed by atoms with E-state index in [1.165, 1.54) is 25.7 Å². The molecular formula is C12H20O2. The zero-order valence-corrected chi connectivity index (χ0v) is 9.21. The first kappa shape index (κ1) is 11.3. The first-order valence-corrected chi connectivity index (χ1v) is 5.58. The van der Waals surface area contributed by atoms with E-state index in [2.05, 4.69) is 0 Å². The third kappa shape index (κ3) is 3.52. The van der Waals surface area contributed by atoms with Crippen molar-refractivity contribution in [1.82, 2.24) is 0 Å². The first-order valence-electron chi connectivity index (χ1n) is 5.58. The molecule has 0 atom stereocenters. The third-order valence-electron chi connectivity index (χ3n) is 2.83. The molecule has 0 aromatic rings. The number of carbonyl (C=O) groups is 1. The Balaban J connectivity index is 2.38. The van der Waals surface area contributed by atoms with Crippen LogP contribution in [0.5, 0.6) is 0 Å². The van der Waals surface area contributed by atoms with Gasteiger partial charge in [-0.2, -0.15) is 0 Å². The summed E-state index contributed by atoms with van der Waals surface area (Å²) in [6, 6.07) is 0. The molecule has 0 aliphatic heterocycles. The fourth-order valence-corrected chi connectivity index (χ4v) is 1.72. The number of rotatable bonds is 2. The van der Waals surface area contributed by atoms with E-state index in [-0.39, 0.29) is 12.1 Å². The average Bonchev–Trinajstić information content (AvgIpc) is 2.45. The molecule has 0 bridgehead atoms. The highest BCUT2D eigenvalue weighted by Crippen LogP contribution is 2.20. The van der Waals surface area contributed by atoms with Crippen molar-refractivity contribution >= 4 is 5.97 Å². The van der Waals surface area contributed by atoms with Gasteiger partial charge in [-0.25, -0.2) is 4.79 Å². The molecule has 0 heterocycles. The molecule has 0 N–H and O–H groups in total. The third-order valence-corrected chi connectivity index (χ3v) is 2.83. The van der Waals surface area contributed by atoms with Crippen molar-refractivity contribution in [2.45, 2.75) is 58.5 Å². The van der Waals surface area contributed by atoms with Gasteiger partial charge in [0.2, 0.25) is 0 Å². The summed E-state index contributed by atoms with van der Waals surface area (Å²) in [5, 5.41) is 0. The summed E-state index contributed by atoms with van der Waals surface area (Å²) in [5.74, 6) is -0.139. The number of esters is 1. The van der Waals surface area contributed by atoms with E-state index >= 15 is 0 Å². The Bertz CT molecular complexity index is 210. The Kier molecular flexibility index (Phi) is 4.71. The highest BCUT2D eigenvalue weighted by atomic mass is 16.5. The van der Waals surface area contributed by atoms with Gasteiger partial charge < -0.3 is 4.74 Å². The summed E-state index contributed by atoms with van der Waals surface area (Å²) < 4.78 is 5.42. The Morgan fingerprint density at radius 3 is 2.29 bits per heavy atom. The predicted octanol–water partition coefficient (Wildman–Crippen LogP) is 3.22. The van der Waals surface area contributed by atoms with Crippen molar-refractivity contribution in [2.24, 2.45) is 0 Å². The van der Waals surface area contributed by atoms with Gasteiger partial charge in [0.1, 0.15) is 6.10 Å². The van der Waals surface area contributed by atoms with Crippen LogP contribution in [0.25, 0.3) is 0 Å². The molecule has 0 spiro atoms. The molecule has 0 aromatic heterocycles. The second-order valence-corrected chi connectivity index (χ2v) is 3.99. The maximum atomic E-state index is 11.5. The highest BCUT2D eigenvalue weighted by molar-refractivity contribution is 5.87. The van der Waals surface area contributed by atoms with Gasteiger partial charge in [0.05, 0.1) is 0 Å². The topological polar surface area (TPSA) is 26.3 Å². The minimum Gasteiger partial charge on any atom is -0.459 e. The number of allylic oxidation sites excluding steroid dienone is 1. The maximum Gasteiger partial charge on any atom is 0.333 e. The fourth-order valence-electron chi connectivity index (χ4n) is 1.72. The number of ether oxygens (including phenoxy) is 1. The monoisotopic (exact) mass is 196 g/mol. The Hall–Kier alpha value is -0.790. The van der Waals surface area contributed by atoms with Gasteiger partial charge in [-0.05, 0) is 39.5 Å². The van der Waals surface area contributed by atoms with Gasteiger partial charge in [0.15, 0.2) is 0 Å². The lowest BCUT2D eigenvalue weighted by Gasteiger charge is -2.15.